The van der Waals surface area contributed by atoms with Crippen molar-refractivity contribution in [1.82, 2.24) is 14.3 Å². The van der Waals surface area contributed by atoms with Crippen LogP contribution in [-0.4, -0.2) is 54.4 Å². The van der Waals surface area contributed by atoms with Crippen molar-refractivity contribution in [3.8, 4) is 0 Å². The first kappa shape index (κ1) is 17.9. The van der Waals surface area contributed by atoms with Gasteiger partial charge in [-0.3, -0.25) is 9.59 Å². The van der Waals surface area contributed by atoms with E-state index in [4.69, 9.17) is 5.11 Å². The highest BCUT2D eigenvalue weighted by atomic mass is 32.2. The van der Waals surface area contributed by atoms with Crippen molar-refractivity contribution in [3.63, 3.8) is 0 Å². The van der Waals surface area contributed by atoms with Crippen LogP contribution in [0.2, 0.25) is 0 Å². The number of rotatable bonds is 5. The van der Waals surface area contributed by atoms with Gasteiger partial charge in [0.2, 0.25) is 5.91 Å². The molecule has 122 valence electrons. The minimum absolute atomic E-state index is 0.146. The van der Waals surface area contributed by atoms with E-state index >= 15 is 0 Å². The number of aliphatic carboxylic acids is 1. The fraction of sp³-hybridized carbons (Fsp3) is 0.833. The molecule has 1 unspecified atom stereocenters. The van der Waals surface area contributed by atoms with Gasteiger partial charge >= 0.3 is 5.97 Å². The van der Waals surface area contributed by atoms with Gasteiger partial charge in [-0.2, -0.15) is 17.4 Å². The number of carbonyl (C=O) groups is 2. The molecule has 3 N–H and O–H groups in total. The molecule has 1 saturated heterocycles. The number of carbonyl (C=O) groups excluding carboxylic acids is 1. The molecule has 0 aromatic rings. The molecule has 21 heavy (non-hydrogen) atoms. The van der Waals surface area contributed by atoms with Crippen LogP contribution in [0.1, 0.15) is 40.0 Å². The van der Waals surface area contributed by atoms with Gasteiger partial charge in [0.25, 0.3) is 10.2 Å². The van der Waals surface area contributed by atoms with Gasteiger partial charge in [0.15, 0.2) is 0 Å². The topological polar surface area (TPSA) is 116 Å². The minimum atomic E-state index is -3.99. The van der Waals surface area contributed by atoms with Gasteiger partial charge in [-0.15, -0.1) is 0 Å². The molecule has 0 saturated carbocycles. The highest BCUT2D eigenvalue weighted by Gasteiger charge is 2.36. The van der Waals surface area contributed by atoms with E-state index in [9.17, 15) is 18.0 Å². The van der Waals surface area contributed by atoms with Crippen LogP contribution >= 0.6 is 0 Å². The van der Waals surface area contributed by atoms with Gasteiger partial charge in [-0.05, 0) is 40.0 Å². The van der Waals surface area contributed by atoms with Crippen molar-refractivity contribution >= 4 is 22.1 Å². The summed E-state index contributed by atoms with van der Waals surface area (Å²) >= 11 is 0. The minimum Gasteiger partial charge on any atom is -0.480 e. The number of carboxylic acids is 1. The lowest BCUT2D eigenvalue weighted by Gasteiger charge is -2.31. The van der Waals surface area contributed by atoms with E-state index in [0.717, 1.165) is 4.31 Å². The van der Waals surface area contributed by atoms with Gasteiger partial charge in [0.05, 0.1) is 6.54 Å². The highest BCUT2D eigenvalue weighted by Crippen LogP contribution is 2.19. The molecule has 1 atom stereocenters. The van der Waals surface area contributed by atoms with Crippen LogP contribution in [0.25, 0.3) is 0 Å². The van der Waals surface area contributed by atoms with Crippen molar-refractivity contribution < 1.29 is 23.1 Å². The molecule has 8 nitrogen and oxygen atoms in total. The van der Waals surface area contributed by atoms with E-state index in [-0.39, 0.29) is 13.0 Å². The second-order valence-corrected chi connectivity index (χ2v) is 7.79. The molecule has 0 bridgehead atoms. The number of piperidine rings is 1. The van der Waals surface area contributed by atoms with Crippen molar-refractivity contribution in [1.29, 1.82) is 0 Å². The first-order valence-electron chi connectivity index (χ1n) is 6.83. The largest absolute Gasteiger partial charge is 0.480 e. The van der Waals surface area contributed by atoms with E-state index in [1.807, 2.05) is 0 Å². The van der Waals surface area contributed by atoms with Gasteiger partial charge in [0.1, 0.15) is 6.04 Å². The van der Waals surface area contributed by atoms with Crippen molar-refractivity contribution in [2.45, 2.75) is 51.6 Å². The summed E-state index contributed by atoms with van der Waals surface area (Å²) in [5.74, 6) is -1.63. The number of hydrogen-bond acceptors (Lipinski definition) is 4. The van der Waals surface area contributed by atoms with Gasteiger partial charge in [0, 0.05) is 12.1 Å². The van der Waals surface area contributed by atoms with E-state index in [1.54, 1.807) is 20.8 Å². The summed E-state index contributed by atoms with van der Waals surface area (Å²) in [6, 6.07) is -1.07. The first-order chi connectivity index (χ1) is 9.53. The molecule has 1 fully saturated rings. The van der Waals surface area contributed by atoms with Crippen LogP contribution in [0.3, 0.4) is 0 Å². The van der Waals surface area contributed by atoms with Gasteiger partial charge < -0.3 is 10.4 Å². The third kappa shape index (κ3) is 5.60. The summed E-state index contributed by atoms with van der Waals surface area (Å²) in [4.78, 5) is 22.8. The maximum Gasteiger partial charge on any atom is 0.322 e. The van der Waals surface area contributed by atoms with Gasteiger partial charge in [-0.25, -0.2) is 0 Å². The zero-order valence-corrected chi connectivity index (χ0v) is 13.4. The summed E-state index contributed by atoms with van der Waals surface area (Å²) in [7, 11) is -3.99. The fourth-order valence-corrected chi connectivity index (χ4v) is 3.52. The second kappa shape index (κ2) is 6.71. The Labute approximate surface area is 125 Å². The molecule has 1 amide bonds. The molecule has 9 heteroatoms. The summed E-state index contributed by atoms with van der Waals surface area (Å²) in [6.45, 7) is 5.08. The normalized spacial score (nSPS) is 21.0. The number of carboxylic acid groups (broad SMARTS) is 1. The average molecular weight is 321 g/mol. The SMILES string of the molecule is CC(C)(C)NC(=O)CNS(=O)(=O)N1CCCCC1C(=O)O. The number of nitrogens with zero attached hydrogens (tertiary/aromatic N) is 1. The van der Waals surface area contributed by atoms with E-state index in [2.05, 4.69) is 10.0 Å². The Hall–Kier alpha value is -1.19. The van der Waals surface area contributed by atoms with Crippen LogP contribution in [0.15, 0.2) is 0 Å². The van der Waals surface area contributed by atoms with E-state index in [0.29, 0.717) is 12.8 Å². The standard InChI is InChI=1S/C12H23N3O5S/c1-12(2,3)14-10(16)8-13-21(19,20)15-7-5-4-6-9(15)11(17)18/h9,13H,4-8H2,1-3H3,(H,14,16)(H,17,18). The predicted octanol–water partition coefficient (Wildman–Crippen LogP) is -0.325. The Balaban J connectivity index is 2.67. The molecule has 1 aliphatic rings. The van der Waals surface area contributed by atoms with Gasteiger partial charge in [-0.1, -0.05) is 0 Å². The van der Waals surface area contributed by atoms with Crippen LogP contribution < -0.4 is 10.0 Å². The number of amides is 1. The van der Waals surface area contributed by atoms with Crippen LogP contribution in [0.4, 0.5) is 0 Å². The Morgan fingerprint density at radius 2 is 1.90 bits per heavy atom. The maximum atomic E-state index is 12.1. The molecule has 0 aliphatic carbocycles. The van der Waals surface area contributed by atoms with Crippen molar-refractivity contribution in [2.75, 3.05) is 13.1 Å². The molecule has 0 aromatic heterocycles. The lowest BCUT2D eigenvalue weighted by molar-refractivity contribution is -0.142. The lowest BCUT2D eigenvalue weighted by Crippen LogP contribution is -2.54. The average Bonchev–Trinajstić information content (AvgIpc) is 2.34. The van der Waals surface area contributed by atoms with Crippen molar-refractivity contribution in [3.05, 3.63) is 0 Å². The monoisotopic (exact) mass is 321 g/mol. The fourth-order valence-electron chi connectivity index (χ4n) is 2.14. The first-order valence-corrected chi connectivity index (χ1v) is 8.27. The van der Waals surface area contributed by atoms with E-state index in [1.165, 1.54) is 0 Å². The Bertz CT molecular complexity index is 498. The van der Waals surface area contributed by atoms with Crippen LogP contribution in [0, 0.1) is 0 Å². The quantitative estimate of drug-likeness (QED) is 0.641. The summed E-state index contributed by atoms with van der Waals surface area (Å²) < 4.78 is 27.4. The molecule has 0 radical (unpaired) electrons. The Morgan fingerprint density at radius 1 is 1.29 bits per heavy atom. The molecule has 0 aromatic carbocycles. The molecule has 1 aliphatic heterocycles. The molecular formula is C12H23N3O5S. The Morgan fingerprint density at radius 3 is 2.43 bits per heavy atom. The number of nitrogens with one attached hydrogen (secondary N) is 2. The smallest absolute Gasteiger partial charge is 0.322 e. The summed E-state index contributed by atoms with van der Waals surface area (Å²) in [6.07, 6.45) is 1.57. The summed E-state index contributed by atoms with van der Waals surface area (Å²) in [5, 5.41) is 11.7. The zero-order chi connectivity index (χ0) is 16.3. The second-order valence-electron chi connectivity index (χ2n) is 6.08. The highest BCUT2D eigenvalue weighted by molar-refractivity contribution is 7.87. The predicted molar refractivity (Wildman–Crippen MR) is 76.8 cm³/mol. The number of hydrogen-bond donors (Lipinski definition) is 3. The molecular weight excluding hydrogens is 298 g/mol. The Kier molecular flexibility index (Phi) is 5.71. The van der Waals surface area contributed by atoms with Crippen molar-refractivity contribution in [2.24, 2.45) is 0 Å². The van der Waals surface area contributed by atoms with E-state index < -0.39 is 40.2 Å². The molecule has 1 heterocycles. The molecule has 0 spiro atoms. The third-order valence-electron chi connectivity index (χ3n) is 2.98. The molecule has 1 rings (SSSR count). The lowest BCUT2D eigenvalue weighted by atomic mass is 10.1. The van der Waals surface area contributed by atoms with Crippen LogP contribution in [-0.2, 0) is 19.8 Å². The maximum absolute atomic E-state index is 12.1. The zero-order valence-electron chi connectivity index (χ0n) is 12.5. The third-order valence-corrected chi connectivity index (χ3v) is 4.54. The summed E-state index contributed by atoms with van der Waals surface area (Å²) in [5.41, 5.74) is -0.461. The van der Waals surface area contributed by atoms with Crippen LogP contribution in [0.5, 0.6) is 0 Å².